The molecule has 0 aliphatic heterocycles. The molecule has 29 heavy (non-hydrogen) atoms. The first-order chi connectivity index (χ1) is 13.7. The normalized spacial score (nSPS) is 30.1. The van der Waals surface area contributed by atoms with Crippen LogP contribution in [0.4, 0.5) is 0 Å². The van der Waals surface area contributed by atoms with Crippen LogP contribution in [0, 0.1) is 23.2 Å². The molecule has 4 bridgehead atoms. The summed E-state index contributed by atoms with van der Waals surface area (Å²) in [6.07, 6.45) is 8.20. The van der Waals surface area contributed by atoms with Gasteiger partial charge >= 0.3 is 0 Å². The molecule has 2 amide bonds. The lowest BCUT2D eigenvalue weighted by Gasteiger charge is -2.56. The van der Waals surface area contributed by atoms with Crippen molar-refractivity contribution in [3.63, 3.8) is 0 Å². The van der Waals surface area contributed by atoms with Crippen LogP contribution in [0.15, 0.2) is 24.3 Å². The highest BCUT2D eigenvalue weighted by Crippen LogP contribution is 2.61. The maximum Gasteiger partial charge on any atom is 0.276 e. The number of rotatable bonds is 5. The molecule has 0 atom stereocenters. The lowest BCUT2D eigenvalue weighted by atomic mass is 9.49. The standard InChI is InChI=1S/C24H34N2O3/c1-23(2,3)19-4-6-20(7-5-19)29-15-22(28)26-25-21(27)14-24-11-16-8-17(12-24)10-18(9-16)13-24/h4-7,16-18H,8-15H2,1-3H3,(H,25,27)(H,26,28). The van der Waals surface area contributed by atoms with Crippen LogP contribution in [0.3, 0.4) is 0 Å². The van der Waals surface area contributed by atoms with Crippen LogP contribution in [0.5, 0.6) is 5.75 Å². The number of hydrazine groups is 1. The van der Waals surface area contributed by atoms with E-state index in [-0.39, 0.29) is 29.3 Å². The fraction of sp³-hybridized carbons (Fsp3) is 0.667. The van der Waals surface area contributed by atoms with Gasteiger partial charge in [0.05, 0.1) is 0 Å². The van der Waals surface area contributed by atoms with Gasteiger partial charge in [0.1, 0.15) is 5.75 Å². The Bertz CT molecular complexity index is 728. The molecule has 5 heteroatoms. The number of carbonyl (C=O) groups is 2. The minimum atomic E-state index is -0.344. The van der Waals surface area contributed by atoms with E-state index in [0.717, 1.165) is 17.8 Å². The summed E-state index contributed by atoms with van der Waals surface area (Å²) < 4.78 is 5.54. The number of amides is 2. The molecule has 4 fully saturated rings. The Kier molecular flexibility index (Phi) is 5.34. The molecular formula is C24H34N2O3. The van der Waals surface area contributed by atoms with Gasteiger partial charge in [-0.3, -0.25) is 20.4 Å². The number of ether oxygens (including phenoxy) is 1. The van der Waals surface area contributed by atoms with Gasteiger partial charge in [-0.15, -0.1) is 0 Å². The minimum absolute atomic E-state index is 0.0742. The summed E-state index contributed by atoms with van der Waals surface area (Å²) in [5.74, 6) is 2.69. The molecule has 1 aromatic rings. The van der Waals surface area contributed by atoms with Crippen molar-refractivity contribution in [2.24, 2.45) is 23.2 Å². The van der Waals surface area contributed by atoms with E-state index in [4.69, 9.17) is 4.74 Å². The molecule has 4 saturated carbocycles. The predicted molar refractivity (Wildman–Crippen MR) is 112 cm³/mol. The quantitative estimate of drug-likeness (QED) is 0.733. The molecule has 0 heterocycles. The molecule has 5 nitrogen and oxygen atoms in total. The Hall–Kier alpha value is -2.04. The van der Waals surface area contributed by atoms with Crippen LogP contribution in [0.2, 0.25) is 0 Å². The van der Waals surface area contributed by atoms with E-state index >= 15 is 0 Å². The highest BCUT2D eigenvalue weighted by molar-refractivity contribution is 5.83. The smallest absolute Gasteiger partial charge is 0.276 e. The number of hydrogen-bond acceptors (Lipinski definition) is 3. The lowest BCUT2D eigenvalue weighted by molar-refractivity contribution is -0.134. The average Bonchev–Trinajstić information content (AvgIpc) is 2.63. The van der Waals surface area contributed by atoms with Gasteiger partial charge in [-0.05, 0) is 84.8 Å². The third-order valence-corrected chi connectivity index (χ3v) is 7.13. The largest absolute Gasteiger partial charge is 0.484 e. The van der Waals surface area contributed by atoms with Crippen LogP contribution < -0.4 is 15.6 Å². The van der Waals surface area contributed by atoms with E-state index in [9.17, 15) is 9.59 Å². The molecule has 4 aliphatic rings. The van der Waals surface area contributed by atoms with Gasteiger partial charge in [0, 0.05) is 6.42 Å². The molecular weight excluding hydrogens is 364 g/mol. The summed E-state index contributed by atoms with van der Waals surface area (Å²) in [5.41, 5.74) is 6.58. The van der Waals surface area contributed by atoms with Crippen LogP contribution >= 0.6 is 0 Å². The van der Waals surface area contributed by atoms with Gasteiger partial charge in [0.15, 0.2) is 6.61 Å². The Balaban J connectivity index is 1.20. The van der Waals surface area contributed by atoms with Crippen molar-refractivity contribution in [3.05, 3.63) is 29.8 Å². The predicted octanol–water partition coefficient (Wildman–Crippen LogP) is 4.12. The second-order valence-electron chi connectivity index (χ2n) is 10.8. The van der Waals surface area contributed by atoms with E-state index in [0.29, 0.717) is 12.2 Å². The Morgan fingerprint density at radius 2 is 1.45 bits per heavy atom. The highest BCUT2D eigenvalue weighted by atomic mass is 16.5. The van der Waals surface area contributed by atoms with Gasteiger partial charge in [-0.2, -0.15) is 0 Å². The maximum atomic E-state index is 12.5. The van der Waals surface area contributed by atoms with Gasteiger partial charge in [0.2, 0.25) is 5.91 Å². The molecule has 0 unspecified atom stereocenters. The number of nitrogens with one attached hydrogen (secondary N) is 2. The van der Waals surface area contributed by atoms with E-state index in [2.05, 4.69) is 31.6 Å². The lowest BCUT2D eigenvalue weighted by Crippen LogP contribution is -2.50. The minimum Gasteiger partial charge on any atom is -0.484 e. The molecule has 2 N–H and O–H groups in total. The van der Waals surface area contributed by atoms with Crippen molar-refractivity contribution in [2.45, 2.75) is 71.1 Å². The third-order valence-electron chi connectivity index (χ3n) is 7.13. The van der Waals surface area contributed by atoms with Gasteiger partial charge in [0.25, 0.3) is 5.91 Å². The number of hydrogen-bond donors (Lipinski definition) is 2. The fourth-order valence-corrected chi connectivity index (χ4v) is 6.27. The summed E-state index contributed by atoms with van der Waals surface area (Å²) in [4.78, 5) is 24.5. The van der Waals surface area contributed by atoms with Crippen molar-refractivity contribution in [2.75, 3.05) is 6.61 Å². The summed E-state index contributed by atoms with van der Waals surface area (Å²) in [7, 11) is 0. The molecule has 0 radical (unpaired) electrons. The maximum absolute atomic E-state index is 12.5. The third kappa shape index (κ3) is 4.76. The molecule has 0 spiro atoms. The van der Waals surface area contributed by atoms with Gasteiger partial charge in [-0.25, -0.2) is 0 Å². The second kappa shape index (κ2) is 7.66. The summed E-state index contributed by atoms with van der Waals surface area (Å²) in [6.45, 7) is 6.35. The summed E-state index contributed by atoms with van der Waals surface area (Å²) in [6, 6.07) is 7.78. The summed E-state index contributed by atoms with van der Waals surface area (Å²) in [5, 5.41) is 0. The monoisotopic (exact) mass is 398 g/mol. The van der Waals surface area contributed by atoms with E-state index < -0.39 is 0 Å². The van der Waals surface area contributed by atoms with E-state index in [1.165, 1.54) is 44.1 Å². The van der Waals surface area contributed by atoms with Crippen LogP contribution in [-0.2, 0) is 15.0 Å². The van der Waals surface area contributed by atoms with E-state index in [1.807, 2.05) is 24.3 Å². The zero-order chi connectivity index (χ0) is 20.6. The Morgan fingerprint density at radius 1 is 0.931 bits per heavy atom. The Morgan fingerprint density at radius 3 is 1.97 bits per heavy atom. The number of carbonyl (C=O) groups excluding carboxylic acids is 2. The SMILES string of the molecule is CC(C)(C)c1ccc(OCC(=O)NNC(=O)CC23CC4CC(CC(C4)C2)C3)cc1. The zero-order valence-corrected chi connectivity index (χ0v) is 17.9. The van der Waals surface area contributed by atoms with Crippen LogP contribution in [-0.4, -0.2) is 18.4 Å². The highest BCUT2D eigenvalue weighted by Gasteiger charge is 2.51. The first kappa shape index (κ1) is 20.2. The first-order valence-corrected chi connectivity index (χ1v) is 11.0. The van der Waals surface area contributed by atoms with Crippen molar-refractivity contribution in [3.8, 4) is 5.75 Å². The van der Waals surface area contributed by atoms with Crippen molar-refractivity contribution in [1.82, 2.24) is 10.9 Å². The first-order valence-electron chi connectivity index (χ1n) is 11.0. The number of benzene rings is 1. The van der Waals surface area contributed by atoms with Crippen LogP contribution in [0.25, 0.3) is 0 Å². The second-order valence-corrected chi connectivity index (χ2v) is 10.8. The van der Waals surface area contributed by atoms with Crippen molar-refractivity contribution >= 4 is 11.8 Å². The zero-order valence-electron chi connectivity index (χ0n) is 17.9. The molecule has 158 valence electrons. The Labute approximate surface area is 173 Å². The van der Waals surface area contributed by atoms with Gasteiger partial charge < -0.3 is 4.74 Å². The summed E-state index contributed by atoms with van der Waals surface area (Å²) >= 11 is 0. The topological polar surface area (TPSA) is 67.4 Å². The fourth-order valence-electron chi connectivity index (χ4n) is 6.27. The molecule has 0 saturated heterocycles. The van der Waals surface area contributed by atoms with Crippen LogP contribution in [0.1, 0.15) is 71.3 Å². The van der Waals surface area contributed by atoms with Crippen molar-refractivity contribution < 1.29 is 14.3 Å². The average molecular weight is 399 g/mol. The molecule has 1 aromatic carbocycles. The van der Waals surface area contributed by atoms with Crippen molar-refractivity contribution in [1.29, 1.82) is 0 Å². The molecule has 4 aliphatic carbocycles. The van der Waals surface area contributed by atoms with E-state index in [1.54, 1.807) is 0 Å². The van der Waals surface area contributed by atoms with Gasteiger partial charge in [-0.1, -0.05) is 32.9 Å². The molecule has 5 rings (SSSR count). The molecule has 0 aromatic heterocycles.